The van der Waals surface area contributed by atoms with Gasteiger partial charge in [-0.25, -0.2) is 9.37 Å². The molecule has 1 aliphatic heterocycles. The van der Waals surface area contributed by atoms with Crippen LogP contribution in [0.4, 0.5) is 10.3 Å². The van der Waals surface area contributed by atoms with Crippen molar-refractivity contribution in [2.24, 2.45) is 0 Å². The van der Waals surface area contributed by atoms with Crippen LogP contribution in [0.1, 0.15) is 11.6 Å². The average molecular weight is 430 g/mol. The molecule has 10 nitrogen and oxygen atoms in total. The Labute approximate surface area is 175 Å². The lowest BCUT2D eigenvalue weighted by atomic mass is 10.2. The molecule has 0 amide bonds. The van der Waals surface area contributed by atoms with Crippen LogP contribution in [-0.2, 0) is 4.74 Å². The molecule has 1 aromatic carbocycles. The number of ether oxygens (including phenoxy) is 2. The highest BCUT2D eigenvalue weighted by Crippen LogP contribution is 2.22. The number of furan rings is 1. The van der Waals surface area contributed by atoms with Crippen LogP contribution in [0.3, 0.4) is 0 Å². The van der Waals surface area contributed by atoms with E-state index in [4.69, 9.17) is 13.9 Å². The number of benzene rings is 1. The number of nitrogens with zero attached hydrogens (tertiary/aromatic N) is 3. The van der Waals surface area contributed by atoms with Gasteiger partial charge in [-0.3, -0.25) is 19.8 Å². The van der Waals surface area contributed by atoms with Crippen LogP contribution in [0.2, 0.25) is 0 Å². The van der Waals surface area contributed by atoms with E-state index in [1.54, 1.807) is 0 Å². The Bertz CT molecular complexity index is 1180. The van der Waals surface area contributed by atoms with Gasteiger partial charge in [0.2, 0.25) is 0 Å². The van der Waals surface area contributed by atoms with Gasteiger partial charge in [-0.05, 0) is 24.3 Å². The number of nitro groups is 1. The Kier molecular flexibility index (Phi) is 6.05. The lowest BCUT2D eigenvalue weighted by Gasteiger charge is -2.26. The van der Waals surface area contributed by atoms with Gasteiger partial charge in [0.1, 0.15) is 23.1 Å². The highest BCUT2D eigenvalue weighted by molar-refractivity contribution is 5.80. The molecule has 1 aliphatic rings. The van der Waals surface area contributed by atoms with Gasteiger partial charge < -0.3 is 18.9 Å². The highest BCUT2D eigenvalue weighted by Gasteiger charge is 2.14. The Hall–Kier alpha value is -3.57. The number of hydrogen-bond acceptors (Lipinski definition) is 8. The molecule has 31 heavy (non-hydrogen) atoms. The SMILES string of the molecule is O=c1[nH]c(C=Cc2ccc([N+](=O)[O-])o2)nc2cc(OCCN3CCOCC3)c(F)cc12. The smallest absolute Gasteiger partial charge is 0.433 e. The molecule has 162 valence electrons. The number of hydrogen-bond donors (Lipinski definition) is 1. The molecule has 2 aromatic heterocycles. The minimum Gasteiger partial charge on any atom is -0.489 e. The molecule has 1 fully saturated rings. The molecule has 0 aliphatic carbocycles. The van der Waals surface area contributed by atoms with E-state index < -0.39 is 22.2 Å². The number of nitrogens with one attached hydrogen (secondary N) is 1. The van der Waals surface area contributed by atoms with Crippen molar-refractivity contribution in [1.29, 1.82) is 0 Å². The maximum absolute atomic E-state index is 14.4. The molecule has 0 saturated carbocycles. The standard InChI is InChI=1S/C20H19FN4O6/c21-15-11-14-16(12-17(15)30-10-7-24-5-8-29-9-6-24)22-18(23-20(14)26)3-1-13-2-4-19(31-13)25(27)28/h1-4,11-12H,5-10H2,(H,22,23,26). The first kappa shape index (κ1) is 20.7. The first-order valence-electron chi connectivity index (χ1n) is 9.58. The van der Waals surface area contributed by atoms with Crippen LogP contribution in [0.15, 0.2) is 33.5 Å². The Balaban J connectivity index is 1.51. The second kappa shape index (κ2) is 9.06. The summed E-state index contributed by atoms with van der Waals surface area (Å²) in [6.45, 7) is 3.85. The Morgan fingerprint density at radius 2 is 2.10 bits per heavy atom. The van der Waals surface area contributed by atoms with Gasteiger partial charge in [-0.2, -0.15) is 0 Å². The van der Waals surface area contributed by atoms with Crippen molar-refractivity contribution in [2.75, 3.05) is 39.5 Å². The summed E-state index contributed by atoms with van der Waals surface area (Å²) < 4.78 is 30.3. The summed E-state index contributed by atoms with van der Waals surface area (Å²) >= 11 is 0. The van der Waals surface area contributed by atoms with Crippen molar-refractivity contribution >= 4 is 28.9 Å². The van der Waals surface area contributed by atoms with Gasteiger partial charge in [-0.15, -0.1) is 0 Å². The summed E-state index contributed by atoms with van der Waals surface area (Å²) in [4.78, 5) is 31.3. The van der Waals surface area contributed by atoms with Gasteiger partial charge >= 0.3 is 5.88 Å². The molecule has 1 N–H and O–H groups in total. The molecule has 11 heteroatoms. The molecule has 0 spiro atoms. The van der Waals surface area contributed by atoms with Crippen LogP contribution in [0.25, 0.3) is 23.1 Å². The molecule has 1 saturated heterocycles. The predicted molar refractivity (Wildman–Crippen MR) is 109 cm³/mol. The van der Waals surface area contributed by atoms with Crippen LogP contribution in [0, 0.1) is 15.9 Å². The zero-order chi connectivity index (χ0) is 21.8. The third-order valence-electron chi connectivity index (χ3n) is 4.74. The summed E-state index contributed by atoms with van der Waals surface area (Å²) in [5.74, 6) is -0.625. The van der Waals surface area contributed by atoms with E-state index in [0.29, 0.717) is 19.8 Å². The summed E-state index contributed by atoms with van der Waals surface area (Å²) in [5, 5.41) is 10.8. The van der Waals surface area contributed by atoms with Crippen molar-refractivity contribution in [3.63, 3.8) is 0 Å². The molecular weight excluding hydrogens is 411 g/mol. The van der Waals surface area contributed by atoms with Crippen molar-refractivity contribution < 1.29 is 23.2 Å². The summed E-state index contributed by atoms with van der Waals surface area (Å²) in [6, 6.07) is 5.12. The van der Waals surface area contributed by atoms with Gasteiger partial charge in [0.15, 0.2) is 11.6 Å². The van der Waals surface area contributed by atoms with Crippen molar-refractivity contribution in [2.45, 2.75) is 0 Å². The molecule has 0 radical (unpaired) electrons. The maximum Gasteiger partial charge on any atom is 0.433 e. The number of aromatic nitrogens is 2. The highest BCUT2D eigenvalue weighted by atomic mass is 19.1. The average Bonchev–Trinajstić information content (AvgIpc) is 3.24. The van der Waals surface area contributed by atoms with Crippen LogP contribution < -0.4 is 10.3 Å². The number of morpholine rings is 1. The van der Waals surface area contributed by atoms with Gasteiger partial charge in [0, 0.05) is 25.7 Å². The largest absolute Gasteiger partial charge is 0.489 e. The van der Waals surface area contributed by atoms with E-state index in [1.807, 2.05) is 0 Å². The van der Waals surface area contributed by atoms with Gasteiger partial charge in [0.05, 0.1) is 30.2 Å². The summed E-state index contributed by atoms with van der Waals surface area (Å²) in [7, 11) is 0. The lowest BCUT2D eigenvalue weighted by molar-refractivity contribution is -0.402. The fourth-order valence-electron chi connectivity index (χ4n) is 3.15. The molecule has 0 bridgehead atoms. The molecule has 3 heterocycles. The number of fused-ring (bicyclic) bond motifs is 1. The van der Waals surface area contributed by atoms with E-state index in [0.717, 1.165) is 19.2 Å². The third-order valence-corrected chi connectivity index (χ3v) is 4.74. The van der Waals surface area contributed by atoms with E-state index in [-0.39, 0.29) is 34.8 Å². The second-order valence-corrected chi connectivity index (χ2v) is 6.82. The number of rotatable bonds is 7. The fourth-order valence-corrected chi connectivity index (χ4v) is 3.15. The van der Waals surface area contributed by atoms with Crippen molar-refractivity contribution in [3.05, 3.63) is 62.1 Å². The van der Waals surface area contributed by atoms with Crippen molar-refractivity contribution in [3.8, 4) is 5.75 Å². The van der Waals surface area contributed by atoms with E-state index in [1.165, 1.54) is 30.4 Å². The van der Waals surface area contributed by atoms with E-state index >= 15 is 0 Å². The zero-order valence-corrected chi connectivity index (χ0v) is 16.4. The van der Waals surface area contributed by atoms with Crippen LogP contribution >= 0.6 is 0 Å². The van der Waals surface area contributed by atoms with Gasteiger partial charge in [0.25, 0.3) is 5.56 Å². The number of halogens is 1. The Morgan fingerprint density at radius 3 is 2.84 bits per heavy atom. The molecule has 0 unspecified atom stereocenters. The molecular formula is C20H19FN4O6. The minimum atomic E-state index is -0.650. The third kappa shape index (κ3) is 4.95. The topological polar surface area (TPSA) is 124 Å². The first-order chi connectivity index (χ1) is 15.0. The maximum atomic E-state index is 14.4. The van der Waals surface area contributed by atoms with Gasteiger partial charge in [-0.1, -0.05) is 0 Å². The van der Waals surface area contributed by atoms with E-state index in [2.05, 4.69) is 14.9 Å². The molecule has 4 rings (SSSR count). The monoisotopic (exact) mass is 430 g/mol. The summed E-state index contributed by atoms with van der Waals surface area (Å²) in [6.07, 6.45) is 2.87. The molecule has 3 aromatic rings. The zero-order valence-electron chi connectivity index (χ0n) is 16.4. The summed E-state index contributed by atoms with van der Waals surface area (Å²) in [5.41, 5.74) is -0.259. The van der Waals surface area contributed by atoms with Crippen molar-refractivity contribution in [1.82, 2.24) is 14.9 Å². The van der Waals surface area contributed by atoms with Crippen LogP contribution in [0.5, 0.6) is 5.75 Å². The number of H-pyrrole nitrogens is 1. The second-order valence-electron chi connectivity index (χ2n) is 6.82. The molecule has 0 atom stereocenters. The quantitative estimate of drug-likeness (QED) is 0.448. The number of aromatic amines is 1. The Morgan fingerprint density at radius 1 is 1.29 bits per heavy atom. The normalized spacial score (nSPS) is 15.0. The first-order valence-corrected chi connectivity index (χ1v) is 9.58. The van der Waals surface area contributed by atoms with Crippen LogP contribution in [-0.4, -0.2) is 59.2 Å². The predicted octanol–water partition coefficient (Wildman–Crippen LogP) is 2.44. The van der Waals surface area contributed by atoms with E-state index in [9.17, 15) is 19.3 Å². The lowest BCUT2D eigenvalue weighted by Crippen LogP contribution is -2.38. The fraction of sp³-hybridized carbons (Fsp3) is 0.300. The minimum absolute atomic E-state index is 0.00967.